The van der Waals surface area contributed by atoms with Gasteiger partial charge in [0.2, 0.25) is 0 Å². The van der Waals surface area contributed by atoms with Gasteiger partial charge >= 0.3 is 0 Å². The average Bonchev–Trinajstić information content (AvgIpc) is 2.24. The normalized spacial score (nSPS) is 42.5. The van der Waals surface area contributed by atoms with Crippen LogP contribution in [-0.4, -0.2) is 27.6 Å². The smallest absolute Gasteiger partial charge is 0.0673 e. The molecule has 0 aromatic rings. The number of likely N-dealkylation sites (tertiary alicyclic amines) is 1. The second-order valence-electron chi connectivity index (χ2n) is 4.64. The van der Waals surface area contributed by atoms with Gasteiger partial charge in [0.05, 0.1) is 3.55 Å². The molecule has 0 radical (unpaired) electrons. The maximum absolute atomic E-state index is 5.94. The standard InChI is InChI=1S/C9H17IN2/c1-9(2,10)12-4-6-3-8(11)7(6)5-12/h6-8H,3-5,11H2,1-2H3. The van der Waals surface area contributed by atoms with Crippen LogP contribution < -0.4 is 5.73 Å². The van der Waals surface area contributed by atoms with E-state index in [0.29, 0.717) is 9.59 Å². The van der Waals surface area contributed by atoms with E-state index in [1.165, 1.54) is 19.5 Å². The van der Waals surface area contributed by atoms with Gasteiger partial charge in [-0.3, -0.25) is 4.90 Å². The van der Waals surface area contributed by atoms with Crippen molar-refractivity contribution >= 4 is 22.6 Å². The monoisotopic (exact) mass is 280 g/mol. The highest BCUT2D eigenvalue weighted by Crippen LogP contribution is 2.43. The van der Waals surface area contributed by atoms with Crippen LogP contribution in [0.15, 0.2) is 0 Å². The van der Waals surface area contributed by atoms with Gasteiger partial charge in [-0.05, 0) is 32.1 Å². The van der Waals surface area contributed by atoms with Crippen LogP contribution in [0.4, 0.5) is 0 Å². The highest BCUT2D eigenvalue weighted by atomic mass is 127. The Balaban J connectivity index is 1.99. The van der Waals surface area contributed by atoms with Gasteiger partial charge in [-0.1, -0.05) is 22.6 Å². The van der Waals surface area contributed by atoms with Crippen LogP contribution in [0.5, 0.6) is 0 Å². The molecular formula is C9H17IN2. The van der Waals surface area contributed by atoms with Crippen molar-refractivity contribution in [1.29, 1.82) is 0 Å². The molecule has 2 fully saturated rings. The summed E-state index contributed by atoms with van der Waals surface area (Å²) in [5.74, 6) is 1.72. The Hall–Kier alpha value is 0.650. The van der Waals surface area contributed by atoms with E-state index in [9.17, 15) is 0 Å². The van der Waals surface area contributed by atoms with Crippen molar-refractivity contribution in [3.05, 3.63) is 0 Å². The first kappa shape index (κ1) is 9.21. The number of hydrogen-bond acceptors (Lipinski definition) is 2. The first-order valence-electron chi connectivity index (χ1n) is 4.68. The molecule has 2 N–H and O–H groups in total. The Labute approximate surface area is 88.0 Å². The molecule has 3 heteroatoms. The van der Waals surface area contributed by atoms with E-state index in [-0.39, 0.29) is 0 Å². The van der Waals surface area contributed by atoms with Crippen molar-refractivity contribution in [3.63, 3.8) is 0 Å². The molecule has 2 rings (SSSR count). The summed E-state index contributed by atoms with van der Waals surface area (Å²) in [5.41, 5.74) is 5.94. The van der Waals surface area contributed by atoms with Crippen molar-refractivity contribution < 1.29 is 0 Å². The lowest BCUT2D eigenvalue weighted by molar-refractivity contribution is 0.194. The summed E-state index contributed by atoms with van der Waals surface area (Å²) in [4.78, 5) is 2.57. The van der Waals surface area contributed by atoms with Crippen LogP contribution in [0.2, 0.25) is 0 Å². The minimum absolute atomic E-state index is 0.314. The maximum Gasteiger partial charge on any atom is 0.0673 e. The van der Waals surface area contributed by atoms with E-state index in [4.69, 9.17) is 5.73 Å². The number of nitrogens with zero attached hydrogens (tertiary/aromatic N) is 1. The second kappa shape index (κ2) is 2.82. The van der Waals surface area contributed by atoms with Crippen molar-refractivity contribution in [2.24, 2.45) is 17.6 Å². The zero-order valence-electron chi connectivity index (χ0n) is 7.76. The van der Waals surface area contributed by atoms with Crippen molar-refractivity contribution in [1.82, 2.24) is 4.90 Å². The molecule has 3 unspecified atom stereocenters. The van der Waals surface area contributed by atoms with Gasteiger partial charge in [0.25, 0.3) is 0 Å². The number of nitrogens with two attached hydrogens (primary N) is 1. The summed E-state index contributed by atoms with van der Waals surface area (Å²) in [6.45, 7) is 7.06. The molecule has 1 aliphatic heterocycles. The average molecular weight is 280 g/mol. The molecule has 1 aliphatic carbocycles. The minimum atomic E-state index is 0.314. The molecule has 1 saturated heterocycles. The molecule has 0 spiro atoms. The zero-order valence-corrected chi connectivity index (χ0v) is 9.91. The van der Waals surface area contributed by atoms with Crippen LogP contribution in [0.25, 0.3) is 0 Å². The molecule has 0 amide bonds. The Morgan fingerprint density at radius 2 is 2.08 bits per heavy atom. The SMILES string of the molecule is CC(C)(I)N1CC2CC(N)C2C1. The molecule has 0 aromatic heterocycles. The summed E-state index contributed by atoms with van der Waals surface area (Å²) in [6, 6.07) is 0.499. The molecule has 2 nitrogen and oxygen atoms in total. The van der Waals surface area contributed by atoms with Gasteiger partial charge in [0.1, 0.15) is 0 Å². The summed E-state index contributed by atoms with van der Waals surface area (Å²) in [7, 11) is 0. The van der Waals surface area contributed by atoms with Gasteiger partial charge in [0, 0.05) is 19.1 Å². The minimum Gasteiger partial charge on any atom is -0.327 e. The fourth-order valence-electron chi connectivity index (χ4n) is 2.39. The molecular weight excluding hydrogens is 263 g/mol. The lowest BCUT2D eigenvalue weighted by atomic mass is 9.72. The van der Waals surface area contributed by atoms with Crippen LogP contribution in [-0.2, 0) is 0 Å². The van der Waals surface area contributed by atoms with Crippen molar-refractivity contribution in [2.45, 2.75) is 29.9 Å². The largest absolute Gasteiger partial charge is 0.327 e. The predicted octanol–water partition coefficient (Wildman–Crippen LogP) is 1.44. The topological polar surface area (TPSA) is 29.3 Å². The van der Waals surface area contributed by atoms with Gasteiger partial charge in [-0.25, -0.2) is 0 Å². The number of hydrogen-bond donors (Lipinski definition) is 1. The maximum atomic E-state index is 5.94. The molecule has 70 valence electrons. The molecule has 1 saturated carbocycles. The summed E-state index contributed by atoms with van der Waals surface area (Å²) in [6.07, 6.45) is 1.26. The lowest BCUT2D eigenvalue weighted by Crippen LogP contribution is -2.46. The van der Waals surface area contributed by atoms with Crippen LogP contribution in [0.3, 0.4) is 0 Å². The molecule has 3 atom stereocenters. The summed E-state index contributed by atoms with van der Waals surface area (Å²) in [5, 5.41) is 0. The van der Waals surface area contributed by atoms with E-state index in [1.807, 2.05) is 0 Å². The molecule has 0 bridgehead atoms. The Morgan fingerprint density at radius 3 is 2.50 bits per heavy atom. The molecule has 1 heterocycles. The number of rotatable bonds is 1. The molecule has 2 aliphatic rings. The van der Waals surface area contributed by atoms with E-state index in [2.05, 4.69) is 41.3 Å². The fourth-order valence-corrected chi connectivity index (χ4v) is 2.79. The Bertz CT molecular complexity index is 187. The van der Waals surface area contributed by atoms with E-state index in [1.54, 1.807) is 0 Å². The van der Waals surface area contributed by atoms with Crippen LogP contribution >= 0.6 is 22.6 Å². The van der Waals surface area contributed by atoms with Gasteiger partial charge in [0.15, 0.2) is 0 Å². The zero-order chi connectivity index (χ0) is 8.93. The third-order valence-corrected chi connectivity index (χ3v) is 4.05. The first-order valence-corrected chi connectivity index (χ1v) is 5.76. The molecule has 12 heavy (non-hydrogen) atoms. The Morgan fingerprint density at radius 1 is 1.42 bits per heavy atom. The summed E-state index contributed by atoms with van der Waals surface area (Å²) < 4.78 is 0.314. The lowest BCUT2D eigenvalue weighted by Gasteiger charge is -2.36. The van der Waals surface area contributed by atoms with Crippen molar-refractivity contribution in [3.8, 4) is 0 Å². The predicted molar refractivity (Wildman–Crippen MR) is 59.2 cm³/mol. The highest BCUT2D eigenvalue weighted by Gasteiger charge is 2.47. The van der Waals surface area contributed by atoms with E-state index >= 15 is 0 Å². The second-order valence-corrected chi connectivity index (χ2v) is 7.28. The van der Waals surface area contributed by atoms with Gasteiger partial charge in [-0.15, -0.1) is 0 Å². The quantitative estimate of drug-likeness (QED) is 0.447. The van der Waals surface area contributed by atoms with Crippen molar-refractivity contribution in [2.75, 3.05) is 13.1 Å². The summed E-state index contributed by atoms with van der Waals surface area (Å²) >= 11 is 2.52. The Kier molecular flexibility index (Phi) is 2.16. The van der Waals surface area contributed by atoms with Gasteiger partial charge in [-0.2, -0.15) is 0 Å². The van der Waals surface area contributed by atoms with E-state index in [0.717, 1.165) is 11.8 Å². The van der Waals surface area contributed by atoms with Crippen LogP contribution in [0, 0.1) is 11.8 Å². The number of alkyl halides is 1. The first-order chi connectivity index (χ1) is 5.48. The highest BCUT2D eigenvalue weighted by molar-refractivity contribution is 14.1. The third kappa shape index (κ3) is 1.40. The van der Waals surface area contributed by atoms with Gasteiger partial charge < -0.3 is 5.73 Å². The number of halogens is 1. The van der Waals surface area contributed by atoms with Crippen LogP contribution in [0.1, 0.15) is 20.3 Å². The fraction of sp³-hybridized carbons (Fsp3) is 1.00. The third-order valence-electron chi connectivity index (χ3n) is 3.37. The number of fused-ring (bicyclic) bond motifs is 1. The molecule has 0 aromatic carbocycles. The van der Waals surface area contributed by atoms with E-state index < -0.39 is 0 Å².